The molecule has 1 aliphatic heterocycles. The second kappa shape index (κ2) is 3.99. The maximum absolute atomic E-state index is 11.9. The Labute approximate surface area is 113 Å². The molecule has 2 aliphatic rings. The van der Waals surface area contributed by atoms with Gasteiger partial charge in [0.05, 0.1) is 12.5 Å². The molecule has 19 heavy (non-hydrogen) atoms. The number of cyclic esters (lactones) is 1. The van der Waals surface area contributed by atoms with Crippen LogP contribution >= 0.6 is 0 Å². The third-order valence-electron chi connectivity index (χ3n) is 4.76. The van der Waals surface area contributed by atoms with Crippen molar-refractivity contribution in [3.05, 3.63) is 35.8 Å². The summed E-state index contributed by atoms with van der Waals surface area (Å²) in [5.41, 5.74) is 2.14. The van der Waals surface area contributed by atoms with Gasteiger partial charge in [0.1, 0.15) is 6.10 Å². The van der Waals surface area contributed by atoms with Crippen LogP contribution in [0.4, 0.5) is 0 Å². The number of fused-ring (bicyclic) bond motifs is 1. The predicted molar refractivity (Wildman–Crippen MR) is 71.4 cm³/mol. The molecule has 1 saturated carbocycles. The van der Waals surface area contributed by atoms with E-state index in [1.165, 1.54) is 5.57 Å². The first-order valence-corrected chi connectivity index (χ1v) is 6.89. The number of carbonyl (C=O) groups excluding carboxylic acids is 1. The van der Waals surface area contributed by atoms with Crippen molar-refractivity contribution in [2.45, 2.75) is 46.1 Å². The first-order valence-electron chi connectivity index (χ1n) is 6.89. The fourth-order valence-electron chi connectivity index (χ4n) is 3.83. The molecule has 0 N–H and O–H groups in total. The normalized spacial score (nSPS) is 33.3. The quantitative estimate of drug-likeness (QED) is 0.716. The molecular weight excluding hydrogens is 240 g/mol. The lowest BCUT2D eigenvalue weighted by Crippen LogP contribution is -2.43. The molecule has 102 valence electrons. The molecule has 0 bridgehead atoms. The van der Waals surface area contributed by atoms with Crippen molar-refractivity contribution < 1.29 is 13.9 Å². The zero-order valence-corrected chi connectivity index (χ0v) is 11.7. The molecule has 1 aromatic rings. The van der Waals surface area contributed by atoms with Crippen LogP contribution in [0.25, 0.3) is 0 Å². The minimum absolute atomic E-state index is 0.0639. The van der Waals surface area contributed by atoms with Gasteiger partial charge in [0.25, 0.3) is 0 Å². The lowest BCUT2D eigenvalue weighted by atomic mass is 9.57. The van der Waals surface area contributed by atoms with Crippen LogP contribution in [-0.4, -0.2) is 5.97 Å². The molecular formula is C16H20O3. The van der Waals surface area contributed by atoms with E-state index < -0.39 is 0 Å². The van der Waals surface area contributed by atoms with Gasteiger partial charge in [-0.2, -0.15) is 0 Å². The Kier molecular flexibility index (Phi) is 2.63. The van der Waals surface area contributed by atoms with Gasteiger partial charge in [-0.1, -0.05) is 27.2 Å². The Balaban J connectivity index is 2.10. The van der Waals surface area contributed by atoms with E-state index in [4.69, 9.17) is 9.15 Å². The van der Waals surface area contributed by atoms with Gasteiger partial charge in [-0.25, -0.2) is 4.79 Å². The number of hydrogen-bond acceptors (Lipinski definition) is 3. The summed E-state index contributed by atoms with van der Waals surface area (Å²) in [6.07, 6.45) is 8.15. The second-order valence-corrected chi connectivity index (χ2v) is 6.59. The Morgan fingerprint density at radius 1 is 1.26 bits per heavy atom. The van der Waals surface area contributed by atoms with E-state index >= 15 is 0 Å². The third kappa shape index (κ3) is 1.83. The highest BCUT2D eigenvalue weighted by molar-refractivity contribution is 5.85. The number of esters is 1. The Bertz CT molecular complexity index is 524. The standard InChI is InChI=1S/C16H20O3/c1-15(2)6-4-7-16(3)12(15)9-13(17)19-14(16)11-5-8-18-10-11/h5,8-10,14H,4,6-7H2,1-3H3/t14-,16-/m1/s1. The Morgan fingerprint density at radius 2 is 2.05 bits per heavy atom. The first kappa shape index (κ1) is 12.5. The van der Waals surface area contributed by atoms with Crippen molar-refractivity contribution in [3.63, 3.8) is 0 Å². The average molecular weight is 260 g/mol. The molecule has 3 rings (SSSR count). The molecule has 0 spiro atoms. The summed E-state index contributed by atoms with van der Waals surface area (Å²) in [6.45, 7) is 6.66. The molecule has 1 fully saturated rings. The van der Waals surface area contributed by atoms with Crippen LogP contribution < -0.4 is 0 Å². The lowest BCUT2D eigenvalue weighted by molar-refractivity contribution is -0.154. The monoisotopic (exact) mass is 260 g/mol. The number of rotatable bonds is 1. The second-order valence-electron chi connectivity index (χ2n) is 6.59. The Morgan fingerprint density at radius 3 is 2.74 bits per heavy atom. The lowest BCUT2D eigenvalue weighted by Gasteiger charge is -2.50. The summed E-state index contributed by atoms with van der Waals surface area (Å²) in [7, 11) is 0. The van der Waals surface area contributed by atoms with Crippen molar-refractivity contribution in [3.8, 4) is 0 Å². The van der Waals surface area contributed by atoms with Gasteiger partial charge in [-0.15, -0.1) is 0 Å². The van der Waals surface area contributed by atoms with Gasteiger partial charge in [-0.3, -0.25) is 0 Å². The summed E-state index contributed by atoms with van der Waals surface area (Å²) in [4.78, 5) is 11.9. The summed E-state index contributed by atoms with van der Waals surface area (Å²) in [5.74, 6) is -0.228. The van der Waals surface area contributed by atoms with Gasteiger partial charge in [-0.05, 0) is 29.9 Å². The molecule has 3 nitrogen and oxygen atoms in total. The van der Waals surface area contributed by atoms with Crippen molar-refractivity contribution >= 4 is 5.97 Å². The van der Waals surface area contributed by atoms with Gasteiger partial charge in [0, 0.05) is 17.1 Å². The summed E-state index contributed by atoms with van der Waals surface area (Å²) >= 11 is 0. The highest BCUT2D eigenvalue weighted by Crippen LogP contribution is 2.58. The number of carbonyl (C=O) groups is 1. The number of furan rings is 1. The van der Waals surface area contributed by atoms with Crippen LogP contribution in [0.15, 0.2) is 34.7 Å². The molecule has 0 saturated heterocycles. The van der Waals surface area contributed by atoms with Crippen molar-refractivity contribution in [1.82, 2.24) is 0 Å². The third-order valence-corrected chi connectivity index (χ3v) is 4.76. The minimum atomic E-state index is -0.228. The average Bonchev–Trinajstić information content (AvgIpc) is 2.83. The van der Waals surface area contributed by atoms with Crippen LogP contribution in [0, 0.1) is 10.8 Å². The molecule has 0 radical (unpaired) electrons. The number of hydrogen-bond donors (Lipinski definition) is 0. The maximum Gasteiger partial charge on any atom is 0.331 e. The fraction of sp³-hybridized carbons (Fsp3) is 0.562. The largest absolute Gasteiger partial charge is 0.472 e. The van der Waals surface area contributed by atoms with Crippen molar-refractivity contribution in [1.29, 1.82) is 0 Å². The molecule has 0 unspecified atom stereocenters. The highest BCUT2D eigenvalue weighted by atomic mass is 16.5. The molecule has 3 heteroatoms. The van der Waals surface area contributed by atoms with Gasteiger partial charge >= 0.3 is 5.97 Å². The SMILES string of the molecule is CC1(C)CCC[C@]2(C)C1=CC(=O)O[C@@H]2c1ccoc1. The summed E-state index contributed by atoms with van der Waals surface area (Å²) in [6, 6.07) is 1.90. The number of ether oxygens (including phenoxy) is 1. The van der Waals surface area contributed by atoms with E-state index in [-0.39, 0.29) is 22.9 Å². The molecule has 2 atom stereocenters. The zero-order valence-electron chi connectivity index (χ0n) is 11.7. The van der Waals surface area contributed by atoms with Gasteiger partial charge < -0.3 is 9.15 Å². The van der Waals surface area contributed by atoms with Crippen molar-refractivity contribution in [2.24, 2.45) is 10.8 Å². The van der Waals surface area contributed by atoms with E-state index in [0.29, 0.717) is 0 Å². The maximum atomic E-state index is 11.9. The van der Waals surface area contributed by atoms with Gasteiger partial charge in [0.15, 0.2) is 0 Å². The first-order chi connectivity index (χ1) is 8.93. The minimum Gasteiger partial charge on any atom is -0.472 e. The van der Waals surface area contributed by atoms with Crippen molar-refractivity contribution in [2.75, 3.05) is 0 Å². The molecule has 1 aliphatic carbocycles. The van der Waals surface area contributed by atoms with Crippen LogP contribution in [0.2, 0.25) is 0 Å². The van der Waals surface area contributed by atoms with Crippen LogP contribution in [0.1, 0.15) is 51.7 Å². The summed E-state index contributed by atoms with van der Waals surface area (Å²) < 4.78 is 10.8. The van der Waals surface area contributed by atoms with Gasteiger partial charge in [0.2, 0.25) is 0 Å². The molecule has 0 aromatic carbocycles. The van der Waals surface area contributed by atoms with E-state index in [9.17, 15) is 4.79 Å². The Hall–Kier alpha value is -1.51. The molecule has 0 amide bonds. The molecule has 2 heterocycles. The zero-order chi connectivity index (χ0) is 13.7. The van der Waals surface area contributed by atoms with E-state index in [0.717, 1.165) is 24.8 Å². The van der Waals surface area contributed by atoms with Crippen LogP contribution in [0.3, 0.4) is 0 Å². The molecule has 1 aromatic heterocycles. The summed E-state index contributed by atoms with van der Waals surface area (Å²) in [5, 5.41) is 0. The smallest absolute Gasteiger partial charge is 0.331 e. The van der Waals surface area contributed by atoms with E-state index in [1.807, 2.05) is 6.07 Å². The predicted octanol–water partition coefficient (Wildman–Crippen LogP) is 4.02. The highest BCUT2D eigenvalue weighted by Gasteiger charge is 2.51. The fourth-order valence-corrected chi connectivity index (χ4v) is 3.83. The topological polar surface area (TPSA) is 39.4 Å². The van der Waals surface area contributed by atoms with E-state index in [2.05, 4.69) is 20.8 Å². The van der Waals surface area contributed by atoms with E-state index in [1.54, 1.807) is 18.6 Å². The van der Waals surface area contributed by atoms with Crippen LogP contribution in [-0.2, 0) is 9.53 Å². The van der Waals surface area contributed by atoms with Crippen LogP contribution in [0.5, 0.6) is 0 Å².